The van der Waals surface area contributed by atoms with Crippen LogP contribution < -0.4 is 9.47 Å². The van der Waals surface area contributed by atoms with E-state index < -0.39 is 28.8 Å². The van der Waals surface area contributed by atoms with Gasteiger partial charge in [-0.15, -0.1) is 0 Å². The number of para-hydroxylation sites is 1. The quantitative estimate of drug-likeness (QED) is 0.244. The number of oxazole rings is 1. The summed E-state index contributed by atoms with van der Waals surface area (Å²) in [5, 5.41) is 9.34. The molecule has 0 spiro atoms. The van der Waals surface area contributed by atoms with E-state index in [-0.39, 0.29) is 12.3 Å². The summed E-state index contributed by atoms with van der Waals surface area (Å²) in [6, 6.07) is 22.4. The van der Waals surface area contributed by atoms with Gasteiger partial charge in [-0.25, -0.2) is 9.78 Å². The lowest BCUT2D eigenvalue weighted by Gasteiger charge is -2.26. The number of amides is 1. The zero-order valence-electron chi connectivity index (χ0n) is 23.4. The molecule has 12 heteroatoms. The second kappa shape index (κ2) is 13.3. The number of carbonyl (C=O) groups excluding carboxylic acids is 1. The molecule has 1 aromatic heterocycles. The van der Waals surface area contributed by atoms with Gasteiger partial charge in [0.05, 0.1) is 12.3 Å². The van der Waals surface area contributed by atoms with Crippen molar-refractivity contribution in [1.82, 2.24) is 13.6 Å². The number of hydrogen-bond acceptors (Lipinski definition) is 8. The van der Waals surface area contributed by atoms with E-state index in [0.717, 1.165) is 23.9 Å². The van der Waals surface area contributed by atoms with Crippen molar-refractivity contribution in [2.24, 2.45) is 0 Å². The van der Waals surface area contributed by atoms with Gasteiger partial charge in [-0.1, -0.05) is 48.0 Å². The van der Waals surface area contributed by atoms with E-state index in [0.29, 0.717) is 44.6 Å². The molecule has 3 aromatic carbocycles. The number of aromatic nitrogens is 1. The summed E-state index contributed by atoms with van der Waals surface area (Å²) < 4.78 is 44.1. The third-order valence-corrected chi connectivity index (χ3v) is 8.02. The largest absolute Gasteiger partial charge is 0.493 e. The molecule has 1 heterocycles. The summed E-state index contributed by atoms with van der Waals surface area (Å²) in [5.41, 5.74) is 3.32. The molecule has 4 rings (SSSR count). The second-order valence-corrected chi connectivity index (χ2v) is 11.4. The number of benzene rings is 3. The van der Waals surface area contributed by atoms with Crippen LogP contribution in [0.25, 0.3) is 11.5 Å². The lowest BCUT2D eigenvalue weighted by molar-refractivity contribution is -0.137. The standard InChI is InChI=1S/C30H31N3O8S/c1-21-9-13-24(14-10-21)29-31-27(22(2)40-29)17-18-39-25-15-11-23(12-16-25)19-33(20-28(34)35)42(37,38)32(3)30(36)41-26-7-5-4-6-8-26/h4-16H,17-20H2,1-3H3,(H,34,35). The SMILES string of the molecule is Cc1ccc(-c2nc(CCOc3ccc(CN(CC(=O)O)S(=O)(=O)N(C)C(=O)Oc4ccccc4)cc3)c(C)o2)cc1. The van der Waals surface area contributed by atoms with Crippen LogP contribution in [0.2, 0.25) is 0 Å². The zero-order valence-corrected chi connectivity index (χ0v) is 24.2. The molecule has 1 amide bonds. The molecule has 1 N–H and O–H groups in total. The van der Waals surface area contributed by atoms with Crippen LogP contribution >= 0.6 is 0 Å². The molecule has 11 nitrogen and oxygen atoms in total. The summed E-state index contributed by atoms with van der Waals surface area (Å²) in [7, 11) is -3.52. The predicted octanol–water partition coefficient (Wildman–Crippen LogP) is 4.84. The number of carbonyl (C=O) groups is 2. The Labute approximate surface area is 244 Å². The summed E-state index contributed by atoms with van der Waals surface area (Å²) in [5.74, 6) is 0.566. The number of rotatable bonds is 12. The number of aryl methyl sites for hydroxylation is 2. The Balaban J connectivity index is 1.36. The minimum absolute atomic E-state index is 0.148. The van der Waals surface area contributed by atoms with Crippen molar-refractivity contribution < 1.29 is 37.0 Å². The molecule has 0 aliphatic heterocycles. The monoisotopic (exact) mass is 593 g/mol. The van der Waals surface area contributed by atoms with Gasteiger partial charge in [0.1, 0.15) is 23.8 Å². The number of aliphatic carboxylic acids is 1. The van der Waals surface area contributed by atoms with E-state index in [9.17, 15) is 23.1 Å². The molecule has 0 unspecified atom stereocenters. The van der Waals surface area contributed by atoms with Crippen molar-refractivity contribution in [2.75, 3.05) is 20.2 Å². The van der Waals surface area contributed by atoms with Crippen LogP contribution in [0.15, 0.2) is 83.3 Å². The normalized spacial score (nSPS) is 11.3. The molecule has 0 saturated carbocycles. The maximum Gasteiger partial charge on any atom is 0.429 e. The molecule has 0 atom stereocenters. The van der Waals surface area contributed by atoms with Gasteiger partial charge in [-0.3, -0.25) is 4.79 Å². The number of hydrogen-bond donors (Lipinski definition) is 1. The number of ether oxygens (including phenoxy) is 2. The van der Waals surface area contributed by atoms with E-state index in [1.807, 2.05) is 38.1 Å². The van der Waals surface area contributed by atoms with Crippen molar-refractivity contribution >= 4 is 22.3 Å². The molecular formula is C30H31N3O8S. The van der Waals surface area contributed by atoms with Crippen LogP contribution in [0, 0.1) is 13.8 Å². The topological polar surface area (TPSA) is 139 Å². The number of carboxylic acid groups (broad SMARTS) is 1. The summed E-state index contributed by atoms with van der Waals surface area (Å²) >= 11 is 0. The van der Waals surface area contributed by atoms with Gasteiger partial charge < -0.3 is 19.0 Å². The second-order valence-electron chi connectivity index (χ2n) is 9.45. The first-order valence-corrected chi connectivity index (χ1v) is 14.4. The first-order chi connectivity index (χ1) is 20.0. The minimum atomic E-state index is -4.53. The van der Waals surface area contributed by atoms with Crippen molar-refractivity contribution in [3.63, 3.8) is 0 Å². The van der Waals surface area contributed by atoms with Crippen LogP contribution in [-0.2, 0) is 28.0 Å². The van der Waals surface area contributed by atoms with Gasteiger partial charge in [-0.05, 0) is 55.8 Å². The van der Waals surface area contributed by atoms with Crippen LogP contribution in [0.5, 0.6) is 11.5 Å². The molecule has 0 radical (unpaired) electrons. The van der Waals surface area contributed by atoms with E-state index in [4.69, 9.17) is 13.9 Å². The lowest BCUT2D eigenvalue weighted by Crippen LogP contribution is -2.47. The smallest absolute Gasteiger partial charge is 0.429 e. The van der Waals surface area contributed by atoms with Gasteiger partial charge in [-0.2, -0.15) is 17.0 Å². The Kier molecular flexibility index (Phi) is 9.60. The third kappa shape index (κ3) is 7.74. The van der Waals surface area contributed by atoms with Gasteiger partial charge in [0.25, 0.3) is 0 Å². The maximum absolute atomic E-state index is 13.1. The fraction of sp³-hybridized carbons (Fsp3) is 0.233. The Hall–Kier alpha value is -4.68. The van der Waals surface area contributed by atoms with Gasteiger partial charge in [0.2, 0.25) is 5.89 Å². The average molecular weight is 594 g/mol. The first-order valence-electron chi connectivity index (χ1n) is 13.0. The van der Waals surface area contributed by atoms with E-state index >= 15 is 0 Å². The first kappa shape index (κ1) is 30.3. The molecule has 0 saturated heterocycles. The maximum atomic E-state index is 13.1. The van der Waals surface area contributed by atoms with Crippen LogP contribution in [-0.4, -0.2) is 59.4 Å². The van der Waals surface area contributed by atoms with Crippen molar-refractivity contribution in [3.8, 4) is 23.0 Å². The number of carboxylic acids is 1. The lowest BCUT2D eigenvalue weighted by atomic mass is 10.1. The molecular weight excluding hydrogens is 562 g/mol. The third-order valence-electron chi connectivity index (χ3n) is 6.27. The summed E-state index contributed by atoms with van der Waals surface area (Å²) in [4.78, 5) is 28.5. The summed E-state index contributed by atoms with van der Waals surface area (Å²) in [6.07, 6.45) is -0.660. The van der Waals surface area contributed by atoms with Crippen molar-refractivity contribution in [2.45, 2.75) is 26.8 Å². The molecule has 0 fully saturated rings. The predicted molar refractivity (Wildman–Crippen MR) is 154 cm³/mol. The van der Waals surface area contributed by atoms with Crippen LogP contribution in [0.4, 0.5) is 4.79 Å². The highest BCUT2D eigenvalue weighted by Crippen LogP contribution is 2.23. The Morgan fingerprint density at radius 3 is 2.24 bits per heavy atom. The molecule has 4 aromatic rings. The minimum Gasteiger partial charge on any atom is -0.493 e. The molecule has 0 bridgehead atoms. The van der Waals surface area contributed by atoms with Crippen LogP contribution in [0.3, 0.4) is 0 Å². The fourth-order valence-corrected chi connectivity index (χ4v) is 5.09. The molecule has 42 heavy (non-hydrogen) atoms. The zero-order chi connectivity index (χ0) is 30.3. The highest BCUT2D eigenvalue weighted by molar-refractivity contribution is 7.87. The Morgan fingerprint density at radius 2 is 1.60 bits per heavy atom. The molecule has 220 valence electrons. The Morgan fingerprint density at radius 1 is 0.929 bits per heavy atom. The summed E-state index contributed by atoms with van der Waals surface area (Å²) in [6.45, 7) is 3.04. The van der Waals surface area contributed by atoms with Crippen LogP contribution in [0.1, 0.15) is 22.6 Å². The molecule has 0 aliphatic carbocycles. The van der Waals surface area contributed by atoms with Crippen molar-refractivity contribution in [1.29, 1.82) is 0 Å². The van der Waals surface area contributed by atoms with Gasteiger partial charge >= 0.3 is 22.3 Å². The highest BCUT2D eigenvalue weighted by atomic mass is 32.2. The van der Waals surface area contributed by atoms with E-state index in [2.05, 4.69) is 4.98 Å². The van der Waals surface area contributed by atoms with E-state index in [1.165, 1.54) is 12.1 Å². The number of nitrogens with zero attached hydrogens (tertiary/aromatic N) is 3. The Bertz CT molecular complexity index is 1620. The highest BCUT2D eigenvalue weighted by Gasteiger charge is 2.33. The van der Waals surface area contributed by atoms with Gasteiger partial charge in [0.15, 0.2) is 0 Å². The molecule has 0 aliphatic rings. The van der Waals surface area contributed by atoms with Gasteiger partial charge in [0, 0.05) is 25.6 Å². The van der Waals surface area contributed by atoms with E-state index in [1.54, 1.807) is 42.5 Å². The van der Waals surface area contributed by atoms with Crippen molar-refractivity contribution in [3.05, 3.63) is 101 Å². The fourth-order valence-electron chi connectivity index (χ4n) is 3.93. The average Bonchev–Trinajstić information content (AvgIpc) is 3.33.